The van der Waals surface area contributed by atoms with Gasteiger partial charge in [-0.15, -0.1) is 0 Å². The third-order valence-corrected chi connectivity index (χ3v) is 7.93. The number of amides is 1. The standard InChI is InChI=1S/C16H21BrF3NO3.C14H22BrNO2/c1-15(2,7-4-8-21-14(22)16(18,19)20)11-5-6-12(17)13(9-11)24-10-23-3;1-14(2,7-4-8-16)11-5-6-12(15)13(9-11)18-10-17-3/h5-6,9H,4,7-8,10H2,1-3H3,(H,21,22);5-6,9H,4,7-8,10,16H2,1-3H3. The van der Waals surface area contributed by atoms with Crippen LogP contribution in [0, 0.1) is 0 Å². The predicted molar refractivity (Wildman–Crippen MR) is 166 cm³/mol. The van der Waals surface area contributed by atoms with Crippen molar-refractivity contribution in [2.75, 3.05) is 40.9 Å². The van der Waals surface area contributed by atoms with Crippen molar-refractivity contribution >= 4 is 37.8 Å². The quantitative estimate of drug-likeness (QED) is 0.145. The van der Waals surface area contributed by atoms with E-state index < -0.39 is 12.1 Å². The summed E-state index contributed by atoms with van der Waals surface area (Å²) in [5.41, 5.74) is 7.64. The average molecular weight is 728 g/mol. The summed E-state index contributed by atoms with van der Waals surface area (Å²) in [6.07, 6.45) is -1.71. The average Bonchev–Trinajstić information content (AvgIpc) is 2.92. The maximum atomic E-state index is 12.1. The molecule has 0 aromatic heterocycles. The highest BCUT2D eigenvalue weighted by molar-refractivity contribution is 9.10. The number of benzene rings is 2. The molecular formula is C30H43Br2F3N2O5. The van der Waals surface area contributed by atoms with Crippen LogP contribution in [0.1, 0.15) is 64.5 Å². The molecule has 2 aromatic rings. The minimum Gasteiger partial charge on any atom is -0.466 e. The van der Waals surface area contributed by atoms with Gasteiger partial charge >= 0.3 is 12.1 Å². The first-order chi connectivity index (χ1) is 19.6. The van der Waals surface area contributed by atoms with E-state index in [-0.39, 0.29) is 31.0 Å². The fraction of sp³-hybridized carbons (Fsp3) is 0.567. The third kappa shape index (κ3) is 13.2. The molecule has 1 amide bonds. The SMILES string of the molecule is COCOc1cc(C(C)(C)CCCN)ccc1Br.COCOc1cc(C(C)(C)CCCNC(=O)C(F)(F)F)ccc1Br. The van der Waals surface area contributed by atoms with Gasteiger partial charge < -0.3 is 30.0 Å². The molecule has 3 N–H and O–H groups in total. The molecule has 0 saturated carbocycles. The van der Waals surface area contributed by atoms with E-state index in [9.17, 15) is 18.0 Å². The molecule has 2 aromatic carbocycles. The van der Waals surface area contributed by atoms with Gasteiger partial charge in [0.1, 0.15) is 11.5 Å². The lowest BCUT2D eigenvalue weighted by atomic mass is 9.80. The number of halogens is 5. The number of hydrogen-bond donors (Lipinski definition) is 2. The number of nitrogens with two attached hydrogens (primary N) is 1. The number of nitrogens with one attached hydrogen (secondary N) is 1. The molecular weight excluding hydrogens is 685 g/mol. The molecule has 12 heteroatoms. The summed E-state index contributed by atoms with van der Waals surface area (Å²) < 4.78 is 58.9. The topological polar surface area (TPSA) is 92.0 Å². The lowest BCUT2D eigenvalue weighted by Crippen LogP contribution is -2.37. The molecule has 0 aliphatic carbocycles. The van der Waals surface area contributed by atoms with Gasteiger partial charge in [-0.3, -0.25) is 4.79 Å². The Morgan fingerprint density at radius 1 is 0.810 bits per heavy atom. The summed E-state index contributed by atoms with van der Waals surface area (Å²) >= 11 is 6.87. The highest BCUT2D eigenvalue weighted by Crippen LogP contribution is 2.35. The lowest BCUT2D eigenvalue weighted by Gasteiger charge is -2.26. The van der Waals surface area contributed by atoms with Crippen molar-refractivity contribution in [1.82, 2.24) is 5.32 Å². The van der Waals surface area contributed by atoms with Crippen LogP contribution in [-0.4, -0.2) is 53.0 Å². The molecule has 42 heavy (non-hydrogen) atoms. The highest BCUT2D eigenvalue weighted by atomic mass is 79.9. The first-order valence-electron chi connectivity index (χ1n) is 13.5. The van der Waals surface area contributed by atoms with E-state index in [0.29, 0.717) is 18.6 Å². The van der Waals surface area contributed by atoms with Gasteiger partial charge in [0, 0.05) is 20.8 Å². The number of carbonyl (C=O) groups is 1. The van der Waals surface area contributed by atoms with E-state index >= 15 is 0 Å². The third-order valence-electron chi connectivity index (χ3n) is 6.62. The first-order valence-corrected chi connectivity index (χ1v) is 15.1. The van der Waals surface area contributed by atoms with Crippen LogP contribution in [0.2, 0.25) is 0 Å². The number of methoxy groups -OCH3 is 2. The van der Waals surface area contributed by atoms with Crippen LogP contribution in [0.3, 0.4) is 0 Å². The molecule has 0 unspecified atom stereocenters. The van der Waals surface area contributed by atoms with Crippen LogP contribution in [0.25, 0.3) is 0 Å². The maximum absolute atomic E-state index is 12.1. The minimum atomic E-state index is -4.84. The molecule has 0 aliphatic heterocycles. The normalized spacial score (nSPS) is 11.9. The van der Waals surface area contributed by atoms with Crippen molar-refractivity contribution in [2.24, 2.45) is 5.73 Å². The summed E-state index contributed by atoms with van der Waals surface area (Å²) in [7, 11) is 3.14. The Balaban J connectivity index is 0.000000437. The van der Waals surface area contributed by atoms with Gasteiger partial charge in [0.2, 0.25) is 0 Å². The highest BCUT2D eigenvalue weighted by Gasteiger charge is 2.38. The van der Waals surface area contributed by atoms with Gasteiger partial charge in [0.15, 0.2) is 13.6 Å². The van der Waals surface area contributed by atoms with Crippen LogP contribution in [0.5, 0.6) is 11.5 Å². The Morgan fingerprint density at radius 3 is 1.62 bits per heavy atom. The van der Waals surface area contributed by atoms with E-state index in [1.165, 1.54) is 12.7 Å². The molecule has 0 aliphatic rings. The fourth-order valence-corrected chi connectivity index (χ4v) is 4.70. The Morgan fingerprint density at radius 2 is 1.24 bits per heavy atom. The molecule has 238 valence electrons. The Hall–Kier alpha value is -1.86. The van der Waals surface area contributed by atoms with Gasteiger partial charge in [-0.2, -0.15) is 13.2 Å². The smallest absolute Gasteiger partial charge is 0.466 e. The Labute approximate surface area is 264 Å². The number of alkyl halides is 3. The molecule has 0 heterocycles. The second-order valence-electron chi connectivity index (χ2n) is 10.9. The Bertz CT molecular complexity index is 1110. The largest absolute Gasteiger partial charge is 0.471 e. The number of carbonyl (C=O) groups excluding carboxylic acids is 1. The van der Waals surface area contributed by atoms with Gasteiger partial charge in [0.05, 0.1) is 8.95 Å². The second kappa shape index (κ2) is 18.1. The van der Waals surface area contributed by atoms with Crippen LogP contribution < -0.4 is 20.5 Å². The van der Waals surface area contributed by atoms with Crippen LogP contribution in [0.15, 0.2) is 45.3 Å². The van der Waals surface area contributed by atoms with Crippen molar-refractivity contribution < 1.29 is 36.9 Å². The van der Waals surface area contributed by atoms with E-state index in [1.807, 2.05) is 43.4 Å². The van der Waals surface area contributed by atoms with Crippen molar-refractivity contribution in [2.45, 2.75) is 70.4 Å². The van der Waals surface area contributed by atoms with Crippen molar-refractivity contribution in [3.05, 3.63) is 56.5 Å². The van der Waals surface area contributed by atoms with Crippen LogP contribution in [-0.2, 0) is 25.1 Å². The summed E-state index contributed by atoms with van der Waals surface area (Å²) in [6, 6.07) is 11.9. The lowest BCUT2D eigenvalue weighted by molar-refractivity contribution is -0.173. The zero-order valence-electron chi connectivity index (χ0n) is 25.1. The summed E-state index contributed by atoms with van der Waals surface area (Å²) in [6.45, 7) is 9.51. The summed E-state index contributed by atoms with van der Waals surface area (Å²) in [5.74, 6) is -0.456. The Kier molecular flexibility index (Phi) is 16.4. The van der Waals surface area contributed by atoms with E-state index in [1.54, 1.807) is 7.11 Å². The molecule has 7 nitrogen and oxygen atoms in total. The fourth-order valence-electron chi connectivity index (χ4n) is 3.98. The van der Waals surface area contributed by atoms with Crippen molar-refractivity contribution in [3.8, 4) is 11.5 Å². The monoisotopic (exact) mass is 726 g/mol. The van der Waals surface area contributed by atoms with E-state index in [2.05, 4.69) is 57.8 Å². The summed E-state index contributed by atoms with van der Waals surface area (Å²) in [5, 5.41) is 1.88. The first kappa shape index (κ1) is 38.2. The molecule has 0 atom stereocenters. The second-order valence-corrected chi connectivity index (χ2v) is 12.6. The molecule has 2 rings (SSSR count). The minimum absolute atomic E-state index is 0.0225. The molecule has 0 spiro atoms. The van der Waals surface area contributed by atoms with Crippen LogP contribution >= 0.6 is 31.9 Å². The van der Waals surface area contributed by atoms with Crippen molar-refractivity contribution in [1.29, 1.82) is 0 Å². The van der Waals surface area contributed by atoms with Gasteiger partial charge in [-0.1, -0.05) is 39.8 Å². The van der Waals surface area contributed by atoms with Gasteiger partial charge in [-0.25, -0.2) is 0 Å². The molecule has 0 radical (unpaired) electrons. The summed E-state index contributed by atoms with van der Waals surface area (Å²) in [4.78, 5) is 10.8. The van der Waals surface area contributed by atoms with Crippen molar-refractivity contribution in [3.63, 3.8) is 0 Å². The van der Waals surface area contributed by atoms with Crippen LogP contribution in [0.4, 0.5) is 13.2 Å². The number of hydrogen-bond acceptors (Lipinski definition) is 6. The molecule has 0 fully saturated rings. The van der Waals surface area contributed by atoms with E-state index in [0.717, 1.165) is 39.6 Å². The maximum Gasteiger partial charge on any atom is 0.471 e. The van der Waals surface area contributed by atoms with E-state index in [4.69, 9.17) is 24.7 Å². The van der Waals surface area contributed by atoms with Gasteiger partial charge in [0.25, 0.3) is 0 Å². The van der Waals surface area contributed by atoms with Gasteiger partial charge in [-0.05, 0) is 110 Å². The molecule has 0 bridgehead atoms. The zero-order valence-corrected chi connectivity index (χ0v) is 28.3. The predicted octanol–water partition coefficient (Wildman–Crippen LogP) is 7.62. The zero-order chi connectivity index (χ0) is 32.0. The number of ether oxygens (including phenoxy) is 4. The number of rotatable bonds is 15. The molecule has 0 saturated heterocycles.